The third-order valence-electron chi connectivity index (χ3n) is 7.72. The third-order valence-corrected chi connectivity index (χ3v) is 7.72. The Bertz CT molecular complexity index is 1230. The first kappa shape index (κ1) is 36.6. The number of nitrogens with one attached hydrogen (secondary N) is 1. The molecular weight excluding hydrogens is 642 g/mol. The fraction of sp³-hybridized carbons (Fsp3) is 0.667. The van der Waals surface area contributed by atoms with E-state index in [2.05, 4.69) is 5.32 Å². The van der Waals surface area contributed by atoms with Crippen molar-refractivity contribution in [1.29, 1.82) is 0 Å². The molecule has 10 N–H and O–H groups in total. The highest BCUT2D eigenvalue weighted by molar-refractivity contribution is 5.74. The molecule has 1 aromatic rings. The van der Waals surface area contributed by atoms with Crippen molar-refractivity contribution in [2.24, 2.45) is 0 Å². The van der Waals surface area contributed by atoms with E-state index >= 15 is 0 Å². The van der Waals surface area contributed by atoms with E-state index in [9.17, 15) is 60.3 Å². The third kappa shape index (κ3) is 7.91. The van der Waals surface area contributed by atoms with Gasteiger partial charge in [0.15, 0.2) is 24.8 Å². The van der Waals surface area contributed by atoms with Crippen molar-refractivity contribution >= 4 is 17.8 Å². The molecule has 3 aliphatic heterocycles. The van der Waals surface area contributed by atoms with Crippen LogP contribution in [-0.4, -0.2) is 170 Å². The van der Waals surface area contributed by atoms with Crippen LogP contribution in [0.4, 0.5) is 0 Å². The van der Waals surface area contributed by atoms with Gasteiger partial charge >= 0.3 is 11.9 Å². The summed E-state index contributed by atoms with van der Waals surface area (Å²) in [5.74, 6) is -3.65. The van der Waals surface area contributed by atoms with E-state index in [1.54, 1.807) is 0 Å². The molecule has 0 saturated carbocycles. The predicted octanol–water partition coefficient (Wildman–Crippen LogP) is -5.15. The van der Waals surface area contributed by atoms with Gasteiger partial charge in [-0.15, -0.1) is 0 Å². The monoisotopic (exact) mass is 679 g/mol. The number of aliphatic hydroxyl groups excluding tert-OH is 7. The molecule has 3 saturated heterocycles. The Morgan fingerprint density at radius 3 is 1.81 bits per heavy atom. The first-order valence-electron chi connectivity index (χ1n) is 14.2. The number of aliphatic carboxylic acids is 2. The maximum absolute atomic E-state index is 12.3. The van der Waals surface area contributed by atoms with Crippen LogP contribution in [0.25, 0.3) is 0 Å². The highest BCUT2D eigenvalue weighted by atomic mass is 16.8. The molecule has 264 valence electrons. The van der Waals surface area contributed by atoms with Gasteiger partial charge in [0.1, 0.15) is 72.5 Å². The molecule has 0 bridgehead atoms. The van der Waals surface area contributed by atoms with Crippen LogP contribution in [0.2, 0.25) is 0 Å². The van der Waals surface area contributed by atoms with Crippen molar-refractivity contribution in [3.63, 3.8) is 0 Å². The summed E-state index contributed by atoms with van der Waals surface area (Å²) >= 11 is 0. The van der Waals surface area contributed by atoms with Crippen LogP contribution >= 0.6 is 0 Å². The topological polar surface area (TPSA) is 310 Å². The van der Waals surface area contributed by atoms with Crippen LogP contribution in [0.3, 0.4) is 0 Å². The second-order valence-corrected chi connectivity index (χ2v) is 10.9. The number of carbonyl (C=O) groups excluding carboxylic acids is 1. The second kappa shape index (κ2) is 15.3. The Morgan fingerprint density at radius 1 is 0.702 bits per heavy atom. The van der Waals surface area contributed by atoms with Gasteiger partial charge in [-0.2, -0.15) is 0 Å². The lowest BCUT2D eigenvalue weighted by atomic mass is 9.94. The first-order chi connectivity index (χ1) is 22.2. The number of hydrogen-bond acceptors (Lipinski definition) is 17. The number of ether oxygens (including phenoxy) is 7. The lowest BCUT2D eigenvalue weighted by molar-refractivity contribution is -0.357. The van der Waals surface area contributed by atoms with Gasteiger partial charge in [-0.3, -0.25) is 4.79 Å². The molecule has 15 atom stereocenters. The molecule has 3 aliphatic rings. The Labute approximate surface area is 265 Å². The summed E-state index contributed by atoms with van der Waals surface area (Å²) in [5.41, 5.74) is 0. The molecule has 20 nitrogen and oxygen atoms in total. The van der Waals surface area contributed by atoms with Crippen LogP contribution in [0.5, 0.6) is 11.5 Å². The summed E-state index contributed by atoms with van der Waals surface area (Å²) in [6.07, 6.45) is -27.4. The van der Waals surface area contributed by atoms with Gasteiger partial charge in [-0.1, -0.05) is 0 Å². The molecule has 0 aromatic heterocycles. The van der Waals surface area contributed by atoms with E-state index in [0.717, 1.165) is 6.92 Å². The Morgan fingerprint density at radius 2 is 1.26 bits per heavy atom. The summed E-state index contributed by atoms with van der Waals surface area (Å²) in [7, 11) is 1.43. The summed E-state index contributed by atoms with van der Waals surface area (Å²) in [6.45, 7) is 0.0853. The molecule has 3 heterocycles. The number of methoxy groups -OCH3 is 1. The van der Waals surface area contributed by atoms with Crippen molar-refractivity contribution < 1.29 is 93.5 Å². The SMILES string of the molecule is COc1ccc(O[C@@H]2O[C@H](C(=O)O)[C@@H](O[C@@H]3O[C@H](CO)[C@@H](O)[C@H](O[C@@H]4O[C@H](C(=O)O)[C@@H](O)[C@H](O)[C@H]4O)[C@H]3NC(C)=O)[C@H](O)[C@H]2O)cc1. The lowest BCUT2D eigenvalue weighted by Crippen LogP contribution is -2.70. The van der Waals surface area contributed by atoms with Crippen molar-refractivity contribution in [3.8, 4) is 11.5 Å². The van der Waals surface area contributed by atoms with Gasteiger partial charge in [0.25, 0.3) is 0 Å². The van der Waals surface area contributed by atoms with Gasteiger partial charge < -0.3 is 84.4 Å². The largest absolute Gasteiger partial charge is 0.497 e. The zero-order valence-electron chi connectivity index (χ0n) is 24.8. The first-order valence-corrected chi connectivity index (χ1v) is 14.2. The standard InChI is InChI=1S/C27H37NO19/c1-8(30)28-12-19(44-27-17(35)14(32)15(33)21(46-27)23(37)38)13(31)11(7-29)43-25(12)45-20-16(34)18(36)26(47-22(20)24(39)40)42-10-5-3-9(41-2)4-6-10/h3-6,11-22,25-27,29,31-36H,7H2,1-2H3,(H,28,30)(H,37,38)(H,39,40)/t11-,12-,13-,14+,15+,16-,17-,18-,19-,20+,21+,22+,25+,26-,27-/m1/s1. The number of rotatable bonds is 11. The van der Waals surface area contributed by atoms with Gasteiger partial charge in [0.05, 0.1) is 13.7 Å². The molecule has 20 heteroatoms. The van der Waals surface area contributed by atoms with E-state index in [-0.39, 0.29) is 5.75 Å². The summed E-state index contributed by atoms with van der Waals surface area (Å²) in [6, 6.07) is 4.20. The highest BCUT2D eigenvalue weighted by Crippen LogP contribution is 2.33. The fourth-order valence-corrected chi connectivity index (χ4v) is 5.28. The van der Waals surface area contributed by atoms with Crippen LogP contribution in [0.15, 0.2) is 24.3 Å². The van der Waals surface area contributed by atoms with E-state index in [4.69, 9.17) is 33.2 Å². The number of aliphatic hydroxyl groups is 7. The number of carbonyl (C=O) groups is 3. The van der Waals surface area contributed by atoms with Gasteiger partial charge in [0.2, 0.25) is 12.2 Å². The molecule has 0 spiro atoms. The maximum Gasteiger partial charge on any atom is 0.335 e. The molecule has 47 heavy (non-hydrogen) atoms. The molecule has 0 radical (unpaired) electrons. The molecular formula is C27H37NO19. The zero-order valence-corrected chi connectivity index (χ0v) is 24.8. The quantitative estimate of drug-likeness (QED) is 0.105. The minimum Gasteiger partial charge on any atom is -0.497 e. The average molecular weight is 680 g/mol. The zero-order chi connectivity index (χ0) is 34.7. The predicted molar refractivity (Wildman–Crippen MR) is 145 cm³/mol. The van der Waals surface area contributed by atoms with Crippen LogP contribution in [-0.2, 0) is 38.1 Å². The van der Waals surface area contributed by atoms with E-state index in [1.807, 2.05) is 0 Å². The number of amides is 1. The van der Waals surface area contributed by atoms with Crippen LogP contribution in [0, 0.1) is 0 Å². The van der Waals surface area contributed by atoms with Crippen molar-refractivity contribution in [3.05, 3.63) is 24.3 Å². The van der Waals surface area contributed by atoms with Crippen LogP contribution in [0.1, 0.15) is 6.92 Å². The minimum absolute atomic E-state index is 0.113. The smallest absolute Gasteiger partial charge is 0.335 e. The molecule has 1 amide bonds. The van der Waals surface area contributed by atoms with Gasteiger partial charge in [-0.05, 0) is 24.3 Å². The fourth-order valence-electron chi connectivity index (χ4n) is 5.28. The number of carboxylic acid groups (broad SMARTS) is 2. The summed E-state index contributed by atoms with van der Waals surface area (Å²) in [5, 5.41) is 95.0. The van der Waals surface area contributed by atoms with E-state index < -0.39 is 117 Å². The van der Waals surface area contributed by atoms with Crippen LogP contribution < -0.4 is 14.8 Å². The number of carboxylic acids is 2. The Kier molecular flexibility index (Phi) is 11.9. The molecule has 4 rings (SSSR count). The summed E-state index contributed by atoms with van der Waals surface area (Å²) in [4.78, 5) is 36.0. The maximum atomic E-state index is 12.3. The Balaban J connectivity index is 1.60. The van der Waals surface area contributed by atoms with Crippen molar-refractivity contribution in [2.45, 2.75) is 99.0 Å². The lowest BCUT2D eigenvalue weighted by Gasteiger charge is -2.49. The highest BCUT2D eigenvalue weighted by Gasteiger charge is 2.56. The summed E-state index contributed by atoms with van der Waals surface area (Å²) < 4.78 is 38.1. The molecule has 1 aromatic carbocycles. The second-order valence-electron chi connectivity index (χ2n) is 10.9. The van der Waals surface area contributed by atoms with Crippen molar-refractivity contribution in [1.82, 2.24) is 5.32 Å². The van der Waals surface area contributed by atoms with Gasteiger partial charge in [-0.25, -0.2) is 9.59 Å². The molecule has 0 aliphatic carbocycles. The normalized spacial score (nSPS) is 40.7. The Hall–Kier alpha value is -3.25. The minimum atomic E-state index is -2.10. The van der Waals surface area contributed by atoms with E-state index in [0.29, 0.717) is 5.75 Å². The average Bonchev–Trinajstić information content (AvgIpc) is 3.03. The van der Waals surface area contributed by atoms with Gasteiger partial charge in [0, 0.05) is 6.92 Å². The van der Waals surface area contributed by atoms with E-state index in [1.165, 1.54) is 31.4 Å². The molecule has 0 unspecified atom stereocenters. The number of benzene rings is 1. The molecule has 3 fully saturated rings. The van der Waals surface area contributed by atoms with Crippen molar-refractivity contribution in [2.75, 3.05) is 13.7 Å². The number of hydrogen-bond donors (Lipinski definition) is 10.